The number of benzene rings is 1. The van der Waals surface area contributed by atoms with Crippen LogP contribution in [0, 0.1) is 17.5 Å². The smallest absolute Gasteiger partial charge is 0.246 e. The summed E-state index contributed by atoms with van der Waals surface area (Å²) < 4.78 is 66.2. The molecule has 2 N–H and O–H groups in total. The van der Waals surface area contributed by atoms with Gasteiger partial charge in [-0.2, -0.15) is 0 Å². The van der Waals surface area contributed by atoms with Gasteiger partial charge in [0.2, 0.25) is 10.0 Å². The predicted molar refractivity (Wildman–Crippen MR) is 67.1 cm³/mol. The highest BCUT2D eigenvalue weighted by molar-refractivity contribution is 7.89. The summed E-state index contributed by atoms with van der Waals surface area (Å²) in [5, 5.41) is 3.14. The largest absolute Gasteiger partial charge is 0.314 e. The van der Waals surface area contributed by atoms with Gasteiger partial charge in [-0.15, -0.1) is 0 Å². The van der Waals surface area contributed by atoms with Crippen molar-refractivity contribution in [3.05, 3.63) is 29.6 Å². The first-order valence-electron chi connectivity index (χ1n) is 6.20. The Morgan fingerprint density at radius 3 is 2.40 bits per heavy atom. The van der Waals surface area contributed by atoms with Gasteiger partial charge in [-0.25, -0.2) is 26.3 Å². The van der Waals surface area contributed by atoms with Crippen molar-refractivity contribution in [2.45, 2.75) is 36.7 Å². The van der Waals surface area contributed by atoms with Crippen LogP contribution in [0.3, 0.4) is 0 Å². The standard InChI is InChI=1S/C12H15F3N2O2S/c1-7-4-9(2-3-16-7)17-20(18,19)12-10(14)5-8(13)6-11(12)15/h5-7,9,16-17H,2-4H2,1H3. The van der Waals surface area contributed by atoms with Crippen molar-refractivity contribution in [2.24, 2.45) is 0 Å². The Bertz CT molecular complexity index is 584. The van der Waals surface area contributed by atoms with Gasteiger partial charge in [0.1, 0.15) is 17.5 Å². The molecule has 1 heterocycles. The van der Waals surface area contributed by atoms with Crippen LogP contribution in [-0.2, 0) is 10.0 Å². The molecule has 0 spiro atoms. The Hall–Kier alpha value is -1.12. The topological polar surface area (TPSA) is 58.2 Å². The number of hydrogen-bond donors (Lipinski definition) is 2. The number of piperidine rings is 1. The van der Waals surface area contributed by atoms with Gasteiger partial charge in [0.25, 0.3) is 0 Å². The van der Waals surface area contributed by atoms with Crippen molar-refractivity contribution >= 4 is 10.0 Å². The van der Waals surface area contributed by atoms with Crippen molar-refractivity contribution in [2.75, 3.05) is 6.54 Å². The summed E-state index contributed by atoms with van der Waals surface area (Å²) in [6, 6.07) is 0.408. The SMILES string of the molecule is CC1CC(NS(=O)(=O)c2c(F)cc(F)cc2F)CCN1. The van der Waals surface area contributed by atoms with Gasteiger partial charge < -0.3 is 5.32 Å². The highest BCUT2D eigenvalue weighted by Crippen LogP contribution is 2.21. The zero-order chi connectivity index (χ0) is 14.9. The van der Waals surface area contributed by atoms with E-state index in [0.717, 1.165) is 0 Å². The highest BCUT2D eigenvalue weighted by atomic mass is 32.2. The molecule has 1 saturated heterocycles. The fourth-order valence-electron chi connectivity index (χ4n) is 2.30. The van der Waals surface area contributed by atoms with E-state index in [1.165, 1.54) is 0 Å². The van der Waals surface area contributed by atoms with E-state index in [9.17, 15) is 21.6 Å². The van der Waals surface area contributed by atoms with E-state index in [-0.39, 0.29) is 6.04 Å². The quantitative estimate of drug-likeness (QED) is 0.890. The number of halogens is 3. The molecule has 4 nitrogen and oxygen atoms in total. The van der Waals surface area contributed by atoms with Crippen LogP contribution in [0.4, 0.5) is 13.2 Å². The first-order valence-corrected chi connectivity index (χ1v) is 7.68. The molecule has 1 aliphatic heterocycles. The normalized spacial score (nSPS) is 23.8. The van der Waals surface area contributed by atoms with Crippen LogP contribution in [0.25, 0.3) is 0 Å². The van der Waals surface area contributed by atoms with Gasteiger partial charge in [0.05, 0.1) is 0 Å². The third-order valence-electron chi connectivity index (χ3n) is 3.18. The fourth-order valence-corrected chi connectivity index (χ4v) is 3.71. The van der Waals surface area contributed by atoms with Crippen LogP contribution in [0.5, 0.6) is 0 Å². The van der Waals surface area contributed by atoms with Gasteiger partial charge in [-0.3, -0.25) is 0 Å². The molecule has 2 rings (SSSR count). The molecule has 1 aliphatic rings. The number of nitrogens with one attached hydrogen (secondary N) is 2. The third kappa shape index (κ3) is 3.31. The summed E-state index contributed by atoms with van der Waals surface area (Å²) in [5.74, 6) is -4.02. The molecule has 1 aromatic carbocycles. The van der Waals surface area contributed by atoms with E-state index in [4.69, 9.17) is 0 Å². The van der Waals surface area contributed by atoms with Crippen LogP contribution in [-0.4, -0.2) is 27.0 Å². The second kappa shape index (κ2) is 5.71. The highest BCUT2D eigenvalue weighted by Gasteiger charge is 2.29. The minimum absolute atomic E-state index is 0.111. The Morgan fingerprint density at radius 1 is 1.25 bits per heavy atom. The van der Waals surface area contributed by atoms with Gasteiger partial charge in [-0.1, -0.05) is 0 Å². The maximum absolute atomic E-state index is 13.5. The lowest BCUT2D eigenvalue weighted by molar-refractivity contribution is 0.360. The number of hydrogen-bond acceptors (Lipinski definition) is 3. The Labute approximate surface area is 115 Å². The van der Waals surface area contributed by atoms with Gasteiger partial charge in [-0.05, 0) is 26.3 Å². The fraction of sp³-hybridized carbons (Fsp3) is 0.500. The van der Waals surface area contributed by atoms with Crippen LogP contribution in [0.1, 0.15) is 19.8 Å². The summed E-state index contributed by atoms with van der Waals surface area (Å²) in [7, 11) is -4.36. The molecule has 0 saturated carbocycles. The molecule has 8 heteroatoms. The lowest BCUT2D eigenvalue weighted by atomic mass is 10.0. The molecule has 0 amide bonds. The number of sulfonamides is 1. The molecular weight excluding hydrogens is 293 g/mol. The molecule has 20 heavy (non-hydrogen) atoms. The second-order valence-electron chi connectivity index (χ2n) is 4.90. The Balaban J connectivity index is 2.27. The molecule has 1 aromatic rings. The van der Waals surface area contributed by atoms with Crippen molar-refractivity contribution in [1.29, 1.82) is 0 Å². The van der Waals surface area contributed by atoms with E-state index >= 15 is 0 Å². The first kappa shape index (κ1) is 15.3. The maximum Gasteiger partial charge on any atom is 0.246 e. The average Bonchev–Trinajstić information content (AvgIpc) is 2.25. The van der Waals surface area contributed by atoms with Gasteiger partial charge in [0.15, 0.2) is 4.90 Å². The van der Waals surface area contributed by atoms with E-state index in [1.54, 1.807) is 0 Å². The molecule has 0 aromatic heterocycles. The van der Waals surface area contributed by atoms with Crippen LogP contribution >= 0.6 is 0 Å². The second-order valence-corrected chi connectivity index (χ2v) is 6.55. The lowest BCUT2D eigenvalue weighted by Crippen LogP contribution is -2.46. The zero-order valence-electron chi connectivity index (χ0n) is 10.8. The van der Waals surface area contributed by atoms with E-state index < -0.39 is 38.4 Å². The van der Waals surface area contributed by atoms with Crippen LogP contribution in [0.2, 0.25) is 0 Å². The summed E-state index contributed by atoms with van der Waals surface area (Å²) in [4.78, 5) is -1.13. The minimum Gasteiger partial charge on any atom is -0.314 e. The summed E-state index contributed by atoms with van der Waals surface area (Å²) in [6.07, 6.45) is 1.04. The van der Waals surface area contributed by atoms with Gasteiger partial charge >= 0.3 is 0 Å². The number of rotatable bonds is 3. The van der Waals surface area contributed by atoms with Crippen molar-refractivity contribution in [3.8, 4) is 0 Å². The Kier molecular flexibility index (Phi) is 4.36. The molecule has 112 valence electrons. The molecule has 1 fully saturated rings. The predicted octanol–water partition coefficient (Wildman–Crippen LogP) is 1.52. The monoisotopic (exact) mass is 308 g/mol. The third-order valence-corrected chi connectivity index (χ3v) is 4.75. The minimum atomic E-state index is -4.36. The first-order chi connectivity index (χ1) is 9.29. The average molecular weight is 308 g/mol. The summed E-state index contributed by atoms with van der Waals surface area (Å²) in [5.41, 5.74) is 0. The molecule has 2 atom stereocenters. The molecule has 0 bridgehead atoms. The summed E-state index contributed by atoms with van der Waals surface area (Å²) >= 11 is 0. The van der Waals surface area contributed by atoms with E-state index in [1.807, 2.05) is 6.92 Å². The zero-order valence-corrected chi connectivity index (χ0v) is 11.6. The van der Waals surface area contributed by atoms with E-state index in [0.29, 0.717) is 31.5 Å². The van der Waals surface area contributed by atoms with Crippen molar-refractivity contribution in [3.63, 3.8) is 0 Å². The van der Waals surface area contributed by atoms with Crippen molar-refractivity contribution < 1.29 is 21.6 Å². The van der Waals surface area contributed by atoms with E-state index in [2.05, 4.69) is 10.0 Å². The van der Waals surface area contributed by atoms with Crippen molar-refractivity contribution in [1.82, 2.24) is 10.0 Å². The summed E-state index contributed by atoms with van der Waals surface area (Å²) in [6.45, 7) is 2.50. The maximum atomic E-state index is 13.5. The van der Waals surface area contributed by atoms with Gasteiger partial charge in [0, 0.05) is 24.2 Å². The molecule has 0 radical (unpaired) electrons. The molecular formula is C12H15F3N2O2S. The Morgan fingerprint density at radius 2 is 1.85 bits per heavy atom. The lowest BCUT2D eigenvalue weighted by Gasteiger charge is -2.28. The molecule has 2 unspecified atom stereocenters. The van der Waals surface area contributed by atoms with Crippen LogP contribution in [0.15, 0.2) is 17.0 Å². The molecule has 0 aliphatic carbocycles. The van der Waals surface area contributed by atoms with Crippen LogP contribution < -0.4 is 10.0 Å².